The van der Waals surface area contributed by atoms with Gasteiger partial charge in [0.1, 0.15) is 12.4 Å². The highest BCUT2D eigenvalue weighted by Gasteiger charge is 2.24. The van der Waals surface area contributed by atoms with Gasteiger partial charge in [-0.1, -0.05) is 18.7 Å². The molecule has 2 N–H and O–H groups in total. The van der Waals surface area contributed by atoms with Gasteiger partial charge in [-0.3, -0.25) is 9.59 Å². The van der Waals surface area contributed by atoms with Crippen LogP contribution in [0.2, 0.25) is 0 Å². The van der Waals surface area contributed by atoms with Crippen molar-refractivity contribution in [2.24, 2.45) is 5.73 Å². The predicted octanol–water partition coefficient (Wildman–Crippen LogP) is 2.12. The van der Waals surface area contributed by atoms with E-state index in [2.05, 4.69) is 6.58 Å². The highest BCUT2D eigenvalue weighted by Crippen LogP contribution is 2.28. The Hall–Kier alpha value is -2.18. The van der Waals surface area contributed by atoms with E-state index >= 15 is 0 Å². The van der Waals surface area contributed by atoms with Gasteiger partial charge in [-0.15, -0.1) is 0 Å². The SMILES string of the molecule is C=C(N)COCCOCCOc1cccc2c1C(=O)CCCC2=O. The summed E-state index contributed by atoms with van der Waals surface area (Å²) in [6, 6.07) is 5.14. The third kappa shape index (κ3) is 5.18. The Morgan fingerprint density at radius 2 is 1.75 bits per heavy atom. The first kappa shape index (κ1) is 18.2. The van der Waals surface area contributed by atoms with Crippen molar-refractivity contribution in [3.05, 3.63) is 41.6 Å². The summed E-state index contributed by atoms with van der Waals surface area (Å²) in [4.78, 5) is 24.3. The number of nitrogens with two attached hydrogens (primary N) is 1. The molecule has 0 aromatic heterocycles. The van der Waals surface area contributed by atoms with Crippen LogP contribution in [0, 0.1) is 0 Å². The van der Waals surface area contributed by atoms with Crippen LogP contribution in [-0.4, -0.2) is 44.6 Å². The van der Waals surface area contributed by atoms with Gasteiger partial charge in [0, 0.05) is 24.1 Å². The summed E-state index contributed by atoms with van der Waals surface area (Å²) in [7, 11) is 0. The van der Waals surface area contributed by atoms with Gasteiger partial charge in [-0.2, -0.15) is 0 Å². The number of ether oxygens (including phenoxy) is 3. The van der Waals surface area contributed by atoms with Crippen LogP contribution in [0.4, 0.5) is 0 Å². The summed E-state index contributed by atoms with van der Waals surface area (Å²) in [6.07, 6.45) is 1.37. The third-order valence-corrected chi connectivity index (χ3v) is 3.56. The smallest absolute Gasteiger partial charge is 0.167 e. The van der Waals surface area contributed by atoms with Crippen LogP contribution in [0.15, 0.2) is 30.5 Å². The Morgan fingerprint density at radius 1 is 1.04 bits per heavy atom. The molecule has 130 valence electrons. The zero-order chi connectivity index (χ0) is 17.4. The minimum Gasteiger partial charge on any atom is -0.490 e. The molecule has 6 heteroatoms. The molecule has 0 saturated carbocycles. The first-order valence-electron chi connectivity index (χ1n) is 8.00. The van der Waals surface area contributed by atoms with Crippen LogP contribution in [0.3, 0.4) is 0 Å². The van der Waals surface area contributed by atoms with E-state index in [1.807, 2.05) is 0 Å². The summed E-state index contributed by atoms with van der Waals surface area (Å²) < 4.78 is 16.2. The molecule has 0 heterocycles. The quantitative estimate of drug-likeness (QED) is 0.550. The Balaban J connectivity index is 1.81. The van der Waals surface area contributed by atoms with Crippen LogP contribution >= 0.6 is 0 Å². The Kier molecular flexibility index (Phi) is 6.96. The lowest BCUT2D eigenvalue weighted by Crippen LogP contribution is -2.14. The highest BCUT2D eigenvalue weighted by atomic mass is 16.5. The number of Topliss-reactive ketones (excluding diaryl/α,β-unsaturated/α-hetero) is 2. The highest BCUT2D eigenvalue weighted by molar-refractivity contribution is 6.12. The molecule has 6 nitrogen and oxygen atoms in total. The normalized spacial score (nSPS) is 14.2. The maximum Gasteiger partial charge on any atom is 0.167 e. The van der Waals surface area contributed by atoms with Crippen LogP contribution in [0.5, 0.6) is 5.75 Å². The standard InChI is InChI=1S/C18H23NO5/c1-13(19)12-23-9-8-22-10-11-24-17-7-2-4-14-15(20)5-3-6-16(21)18(14)17/h2,4,7H,1,3,5-6,8-12,19H2. The second-order valence-corrected chi connectivity index (χ2v) is 5.55. The van der Waals surface area contributed by atoms with E-state index in [0.717, 1.165) is 0 Å². The van der Waals surface area contributed by atoms with E-state index in [1.165, 1.54) is 0 Å². The lowest BCUT2D eigenvalue weighted by molar-refractivity contribution is 0.0429. The van der Waals surface area contributed by atoms with Gasteiger partial charge >= 0.3 is 0 Å². The summed E-state index contributed by atoms with van der Waals surface area (Å²) in [5.74, 6) is 0.408. The van der Waals surface area contributed by atoms with Crippen molar-refractivity contribution in [1.29, 1.82) is 0 Å². The number of carbonyl (C=O) groups excluding carboxylic acids is 2. The molecular formula is C18H23NO5. The monoisotopic (exact) mass is 333 g/mol. The molecule has 24 heavy (non-hydrogen) atoms. The van der Waals surface area contributed by atoms with E-state index in [1.54, 1.807) is 18.2 Å². The molecule has 0 aliphatic heterocycles. The molecule has 2 rings (SSSR count). The van der Waals surface area contributed by atoms with E-state index in [9.17, 15) is 9.59 Å². The van der Waals surface area contributed by atoms with Crippen molar-refractivity contribution in [3.63, 3.8) is 0 Å². The maximum atomic E-state index is 12.2. The second kappa shape index (κ2) is 9.20. The first-order valence-corrected chi connectivity index (χ1v) is 8.00. The molecule has 1 aliphatic rings. The molecule has 0 atom stereocenters. The van der Waals surface area contributed by atoms with Gasteiger partial charge in [0.15, 0.2) is 11.6 Å². The van der Waals surface area contributed by atoms with Gasteiger partial charge in [-0.25, -0.2) is 0 Å². The van der Waals surface area contributed by atoms with Crippen molar-refractivity contribution in [1.82, 2.24) is 0 Å². The lowest BCUT2D eigenvalue weighted by Gasteiger charge is -2.12. The van der Waals surface area contributed by atoms with Crippen LogP contribution in [-0.2, 0) is 9.47 Å². The fourth-order valence-corrected chi connectivity index (χ4v) is 2.47. The van der Waals surface area contributed by atoms with Gasteiger partial charge in [0.05, 0.1) is 32.0 Å². The summed E-state index contributed by atoms with van der Waals surface area (Å²) in [5, 5.41) is 0. The topological polar surface area (TPSA) is 87.8 Å². The number of fused-ring (bicyclic) bond motifs is 1. The zero-order valence-electron chi connectivity index (χ0n) is 13.7. The zero-order valence-corrected chi connectivity index (χ0v) is 13.7. The molecule has 0 fully saturated rings. The van der Waals surface area contributed by atoms with Crippen molar-refractivity contribution >= 4 is 11.6 Å². The molecular weight excluding hydrogens is 310 g/mol. The van der Waals surface area contributed by atoms with Gasteiger partial charge in [0.2, 0.25) is 0 Å². The number of benzene rings is 1. The molecule has 1 aromatic rings. The van der Waals surface area contributed by atoms with E-state index in [0.29, 0.717) is 74.9 Å². The summed E-state index contributed by atoms with van der Waals surface area (Å²) in [6.45, 7) is 5.33. The van der Waals surface area contributed by atoms with Gasteiger partial charge in [0.25, 0.3) is 0 Å². The summed E-state index contributed by atoms with van der Waals surface area (Å²) >= 11 is 0. The number of carbonyl (C=O) groups is 2. The van der Waals surface area contributed by atoms with E-state index in [-0.39, 0.29) is 11.6 Å². The molecule has 1 aliphatic carbocycles. The molecule has 0 radical (unpaired) electrons. The van der Waals surface area contributed by atoms with Crippen molar-refractivity contribution < 1.29 is 23.8 Å². The maximum absolute atomic E-state index is 12.2. The van der Waals surface area contributed by atoms with E-state index < -0.39 is 0 Å². The molecule has 1 aromatic carbocycles. The lowest BCUT2D eigenvalue weighted by atomic mass is 10.0. The van der Waals surface area contributed by atoms with Crippen molar-refractivity contribution in [3.8, 4) is 5.75 Å². The summed E-state index contributed by atoms with van der Waals surface area (Å²) in [5.41, 5.74) is 6.72. The number of rotatable bonds is 9. The third-order valence-electron chi connectivity index (χ3n) is 3.56. The minimum atomic E-state index is -0.0391. The molecule has 0 bridgehead atoms. The Labute approximate surface area is 141 Å². The molecule has 0 amide bonds. The fraction of sp³-hybridized carbons (Fsp3) is 0.444. The van der Waals surface area contributed by atoms with Crippen LogP contribution < -0.4 is 10.5 Å². The first-order chi connectivity index (χ1) is 11.6. The number of hydrogen-bond donors (Lipinski definition) is 1. The molecule has 0 spiro atoms. The Bertz CT molecular complexity index is 611. The van der Waals surface area contributed by atoms with Gasteiger partial charge < -0.3 is 19.9 Å². The number of ketones is 2. The predicted molar refractivity (Wildman–Crippen MR) is 89.4 cm³/mol. The van der Waals surface area contributed by atoms with Crippen molar-refractivity contribution in [2.45, 2.75) is 19.3 Å². The van der Waals surface area contributed by atoms with Crippen molar-refractivity contribution in [2.75, 3.05) is 33.0 Å². The van der Waals surface area contributed by atoms with Crippen LogP contribution in [0.25, 0.3) is 0 Å². The number of hydrogen-bond acceptors (Lipinski definition) is 6. The minimum absolute atomic E-state index is 0.00353. The Morgan fingerprint density at radius 3 is 2.54 bits per heavy atom. The van der Waals surface area contributed by atoms with Crippen LogP contribution in [0.1, 0.15) is 40.0 Å². The average Bonchev–Trinajstić information content (AvgIpc) is 2.70. The average molecular weight is 333 g/mol. The second-order valence-electron chi connectivity index (χ2n) is 5.55. The fourth-order valence-electron chi connectivity index (χ4n) is 2.47. The van der Waals surface area contributed by atoms with E-state index in [4.69, 9.17) is 19.9 Å². The van der Waals surface area contributed by atoms with Gasteiger partial charge in [-0.05, 0) is 12.5 Å². The largest absolute Gasteiger partial charge is 0.490 e. The molecule has 0 unspecified atom stereocenters. The molecule has 0 saturated heterocycles.